The Morgan fingerprint density at radius 2 is 1.89 bits per heavy atom. The molecule has 1 aliphatic carbocycles. The van der Waals surface area contributed by atoms with Crippen molar-refractivity contribution in [3.8, 4) is 5.75 Å². The number of H-pyrrole nitrogens is 1. The Labute approximate surface area is 213 Å². The summed E-state index contributed by atoms with van der Waals surface area (Å²) in [7, 11) is 1.74. The molecule has 2 heterocycles. The van der Waals surface area contributed by atoms with Crippen LogP contribution in [0.5, 0.6) is 5.75 Å². The minimum absolute atomic E-state index is 0.151. The predicted molar refractivity (Wildman–Crippen MR) is 142 cm³/mol. The molecule has 0 radical (unpaired) electrons. The first-order valence-electron chi connectivity index (χ1n) is 13.4. The van der Waals surface area contributed by atoms with E-state index < -0.39 is 5.97 Å². The van der Waals surface area contributed by atoms with Crippen molar-refractivity contribution >= 4 is 16.9 Å². The summed E-state index contributed by atoms with van der Waals surface area (Å²) in [5.74, 6) is 0.717. The third-order valence-corrected chi connectivity index (χ3v) is 8.19. The van der Waals surface area contributed by atoms with E-state index in [1.807, 2.05) is 18.3 Å². The van der Waals surface area contributed by atoms with E-state index in [0.29, 0.717) is 11.5 Å². The number of piperidine rings is 1. The van der Waals surface area contributed by atoms with Crippen LogP contribution in [0, 0.1) is 12.8 Å². The van der Waals surface area contributed by atoms with Crippen LogP contribution in [0.15, 0.2) is 42.6 Å². The molecule has 1 saturated heterocycles. The molecule has 1 saturated carbocycles. The van der Waals surface area contributed by atoms with E-state index in [0.717, 1.165) is 49.4 Å². The summed E-state index contributed by atoms with van der Waals surface area (Å²) in [6.07, 6.45) is 10.7. The highest BCUT2D eigenvalue weighted by atomic mass is 16.5. The largest absolute Gasteiger partial charge is 0.496 e. The molecule has 192 valence electrons. The Balaban J connectivity index is 1.39. The van der Waals surface area contributed by atoms with Crippen LogP contribution in [-0.2, 0) is 11.3 Å². The Kier molecular flexibility index (Phi) is 7.63. The van der Waals surface area contributed by atoms with Crippen LogP contribution in [0.3, 0.4) is 0 Å². The number of nitrogens with one attached hydrogen (secondary N) is 1. The number of fused-ring (bicyclic) bond motifs is 1. The molecule has 0 unspecified atom stereocenters. The third kappa shape index (κ3) is 5.30. The number of carboxylic acids is 1. The quantitative estimate of drug-likeness (QED) is 0.378. The van der Waals surface area contributed by atoms with Crippen molar-refractivity contribution in [3.63, 3.8) is 0 Å². The molecule has 36 heavy (non-hydrogen) atoms. The van der Waals surface area contributed by atoms with Gasteiger partial charge in [-0.25, -0.2) is 4.79 Å². The van der Waals surface area contributed by atoms with Crippen LogP contribution in [0.25, 0.3) is 10.9 Å². The summed E-state index contributed by atoms with van der Waals surface area (Å²) in [6.45, 7) is 4.65. The molecule has 2 atom stereocenters. The third-order valence-electron chi connectivity index (χ3n) is 8.19. The molecule has 1 aliphatic heterocycles. The molecule has 6 heteroatoms. The van der Waals surface area contributed by atoms with Crippen LogP contribution in [0.4, 0.5) is 0 Å². The molecule has 3 aromatic rings. The number of carbonyl (C=O) groups is 1. The van der Waals surface area contributed by atoms with Crippen LogP contribution < -0.4 is 4.74 Å². The van der Waals surface area contributed by atoms with Gasteiger partial charge in [0.2, 0.25) is 0 Å². The SMILES string of the molecule is COc1cc(C)c2[nH]ccc2c1CN1CC[C@H](OCC2CCCCC2)C[C@H]1c1ccc(C(=O)O)cc1. The van der Waals surface area contributed by atoms with E-state index in [-0.39, 0.29) is 12.1 Å². The van der Waals surface area contributed by atoms with Gasteiger partial charge in [-0.1, -0.05) is 31.4 Å². The number of methoxy groups -OCH3 is 1. The van der Waals surface area contributed by atoms with Crippen molar-refractivity contribution in [2.45, 2.75) is 70.6 Å². The van der Waals surface area contributed by atoms with Crippen molar-refractivity contribution < 1.29 is 19.4 Å². The van der Waals surface area contributed by atoms with Gasteiger partial charge in [-0.05, 0) is 73.9 Å². The van der Waals surface area contributed by atoms with Gasteiger partial charge >= 0.3 is 5.97 Å². The molecule has 0 spiro atoms. The lowest BCUT2D eigenvalue weighted by atomic mass is 9.89. The zero-order valence-electron chi connectivity index (χ0n) is 21.5. The number of hydrogen-bond acceptors (Lipinski definition) is 4. The molecule has 2 fully saturated rings. The number of benzene rings is 2. The zero-order valence-corrected chi connectivity index (χ0v) is 21.5. The van der Waals surface area contributed by atoms with Gasteiger partial charge in [-0.2, -0.15) is 0 Å². The molecule has 2 aromatic carbocycles. The van der Waals surface area contributed by atoms with Gasteiger partial charge in [-0.3, -0.25) is 4.90 Å². The Hall–Kier alpha value is -2.83. The Morgan fingerprint density at radius 1 is 1.11 bits per heavy atom. The first-order valence-corrected chi connectivity index (χ1v) is 13.4. The Morgan fingerprint density at radius 3 is 2.61 bits per heavy atom. The van der Waals surface area contributed by atoms with E-state index in [4.69, 9.17) is 9.47 Å². The molecule has 0 amide bonds. The second-order valence-electron chi connectivity index (χ2n) is 10.5. The molecule has 2 aliphatic rings. The van der Waals surface area contributed by atoms with Crippen LogP contribution in [0.2, 0.25) is 0 Å². The fraction of sp³-hybridized carbons (Fsp3) is 0.500. The van der Waals surface area contributed by atoms with Gasteiger partial charge in [0.1, 0.15) is 5.75 Å². The van der Waals surface area contributed by atoms with Crippen molar-refractivity contribution in [2.75, 3.05) is 20.3 Å². The van der Waals surface area contributed by atoms with Crippen molar-refractivity contribution in [1.29, 1.82) is 0 Å². The number of likely N-dealkylation sites (tertiary alicyclic amines) is 1. The van der Waals surface area contributed by atoms with Gasteiger partial charge in [-0.15, -0.1) is 0 Å². The van der Waals surface area contributed by atoms with Crippen LogP contribution in [-0.4, -0.2) is 47.3 Å². The summed E-state index contributed by atoms with van der Waals surface area (Å²) in [6, 6.07) is 11.8. The van der Waals surface area contributed by atoms with E-state index in [1.54, 1.807) is 19.2 Å². The monoisotopic (exact) mass is 490 g/mol. The summed E-state index contributed by atoms with van der Waals surface area (Å²) in [5, 5.41) is 10.6. The summed E-state index contributed by atoms with van der Waals surface area (Å²) >= 11 is 0. The second-order valence-corrected chi connectivity index (χ2v) is 10.5. The average molecular weight is 491 g/mol. The standard InChI is InChI=1S/C30H38N2O4/c1-20-16-28(35-2)26(25-12-14-31-29(20)25)18-32-15-13-24(36-19-21-6-4-3-5-7-21)17-27(32)22-8-10-23(11-9-22)30(33)34/h8-12,14,16,21,24,27,31H,3-7,13,15,17-19H2,1-2H3,(H,33,34)/t24-,27-/m0/s1. The smallest absolute Gasteiger partial charge is 0.335 e. The minimum Gasteiger partial charge on any atom is -0.496 e. The molecular weight excluding hydrogens is 452 g/mol. The number of hydrogen-bond donors (Lipinski definition) is 2. The predicted octanol–water partition coefficient (Wildman–Crippen LogP) is 6.49. The topological polar surface area (TPSA) is 74.8 Å². The highest BCUT2D eigenvalue weighted by molar-refractivity contribution is 5.88. The number of aromatic amines is 1. The number of aryl methyl sites for hydroxylation is 1. The van der Waals surface area contributed by atoms with Gasteiger partial charge < -0.3 is 19.6 Å². The fourth-order valence-corrected chi connectivity index (χ4v) is 6.13. The zero-order chi connectivity index (χ0) is 25.1. The maximum Gasteiger partial charge on any atom is 0.335 e. The van der Waals surface area contributed by atoms with E-state index in [9.17, 15) is 9.90 Å². The maximum absolute atomic E-state index is 11.4. The van der Waals surface area contributed by atoms with E-state index in [1.165, 1.54) is 48.6 Å². The number of ether oxygens (including phenoxy) is 2. The van der Waals surface area contributed by atoms with Gasteiger partial charge in [0.25, 0.3) is 0 Å². The molecule has 5 rings (SSSR count). The molecule has 1 aromatic heterocycles. The van der Waals surface area contributed by atoms with Crippen LogP contribution in [0.1, 0.15) is 78.0 Å². The van der Waals surface area contributed by atoms with Crippen LogP contribution >= 0.6 is 0 Å². The number of rotatable bonds is 8. The first-order chi connectivity index (χ1) is 17.5. The molecular formula is C30H38N2O4. The lowest BCUT2D eigenvalue weighted by Gasteiger charge is -2.40. The molecule has 2 N–H and O–H groups in total. The fourth-order valence-electron chi connectivity index (χ4n) is 6.13. The minimum atomic E-state index is -0.894. The summed E-state index contributed by atoms with van der Waals surface area (Å²) < 4.78 is 12.3. The average Bonchev–Trinajstić information content (AvgIpc) is 3.41. The molecule has 0 bridgehead atoms. The lowest BCUT2D eigenvalue weighted by molar-refractivity contribution is -0.0358. The normalized spacial score (nSPS) is 21.6. The van der Waals surface area contributed by atoms with Gasteiger partial charge in [0, 0.05) is 48.4 Å². The van der Waals surface area contributed by atoms with E-state index in [2.05, 4.69) is 28.9 Å². The Bertz CT molecular complexity index is 1180. The first kappa shape index (κ1) is 24.8. The lowest BCUT2D eigenvalue weighted by Crippen LogP contribution is -2.40. The number of aromatic nitrogens is 1. The van der Waals surface area contributed by atoms with Crippen molar-refractivity contribution in [2.24, 2.45) is 5.92 Å². The second kappa shape index (κ2) is 11.1. The van der Waals surface area contributed by atoms with Crippen molar-refractivity contribution in [1.82, 2.24) is 9.88 Å². The highest BCUT2D eigenvalue weighted by Gasteiger charge is 2.32. The van der Waals surface area contributed by atoms with Gasteiger partial charge in [0.15, 0.2) is 0 Å². The maximum atomic E-state index is 11.4. The highest BCUT2D eigenvalue weighted by Crippen LogP contribution is 2.38. The van der Waals surface area contributed by atoms with Crippen molar-refractivity contribution in [3.05, 3.63) is 64.8 Å². The van der Waals surface area contributed by atoms with E-state index >= 15 is 0 Å². The van der Waals surface area contributed by atoms with Gasteiger partial charge in [0.05, 0.1) is 18.8 Å². The summed E-state index contributed by atoms with van der Waals surface area (Å²) in [5.41, 5.74) is 4.97. The molecule has 6 nitrogen and oxygen atoms in total. The number of nitrogens with zero attached hydrogens (tertiary/aromatic N) is 1. The number of aromatic carboxylic acids is 1. The summed E-state index contributed by atoms with van der Waals surface area (Å²) in [4.78, 5) is 17.3. The number of carboxylic acid groups (broad SMARTS) is 1.